The van der Waals surface area contributed by atoms with Gasteiger partial charge in [-0.25, -0.2) is 8.42 Å². The molecule has 1 aromatic rings. The number of carbonyl (C=O) groups is 1. The Bertz CT molecular complexity index is 739. The molecule has 0 radical (unpaired) electrons. The number of carboxylic acid groups (broad SMARTS) is 1. The lowest BCUT2D eigenvalue weighted by Gasteiger charge is -2.20. The van der Waals surface area contributed by atoms with Crippen LogP contribution < -0.4 is 0 Å². The van der Waals surface area contributed by atoms with E-state index in [2.05, 4.69) is 0 Å². The molecule has 0 aliphatic rings. The molecule has 10 heteroatoms. The summed E-state index contributed by atoms with van der Waals surface area (Å²) in [5.74, 6) is -1.39. The highest BCUT2D eigenvalue weighted by atomic mass is 32.2. The minimum atomic E-state index is -4.79. The second-order valence-corrected chi connectivity index (χ2v) is 6.49. The lowest BCUT2D eigenvalue weighted by molar-refractivity contribution is -0.138. The van der Waals surface area contributed by atoms with Gasteiger partial charge in [-0.3, -0.25) is 4.79 Å². The second-order valence-electron chi connectivity index (χ2n) is 4.55. The normalized spacial score (nSPS) is 12.2. The van der Waals surface area contributed by atoms with Gasteiger partial charge < -0.3 is 5.11 Å². The quantitative estimate of drug-likeness (QED) is 0.847. The van der Waals surface area contributed by atoms with Crippen LogP contribution in [-0.4, -0.2) is 36.9 Å². The fourth-order valence-electron chi connectivity index (χ4n) is 1.86. The molecule has 0 heterocycles. The number of rotatable bonds is 6. The number of carboxylic acids is 1. The van der Waals surface area contributed by atoms with Crippen LogP contribution in [0.25, 0.3) is 0 Å². The maximum absolute atomic E-state index is 12.7. The lowest BCUT2D eigenvalue weighted by Crippen LogP contribution is -2.36. The van der Waals surface area contributed by atoms with Crippen LogP contribution in [0.2, 0.25) is 0 Å². The van der Waals surface area contributed by atoms with Gasteiger partial charge in [-0.15, -0.1) is 0 Å². The summed E-state index contributed by atoms with van der Waals surface area (Å²) in [7, 11) is -4.32. The van der Waals surface area contributed by atoms with Crippen LogP contribution in [0.15, 0.2) is 23.1 Å². The third-order valence-corrected chi connectivity index (χ3v) is 4.68. The van der Waals surface area contributed by atoms with E-state index in [1.807, 2.05) is 0 Å². The van der Waals surface area contributed by atoms with E-state index >= 15 is 0 Å². The van der Waals surface area contributed by atoms with E-state index in [0.29, 0.717) is 28.9 Å². The zero-order valence-corrected chi connectivity index (χ0v) is 12.8. The summed E-state index contributed by atoms with van der Waals surface area (Å²) >= 11 is 0. The molecule has 0 aliphatic carbocycles. The van der Waals surface area contributed by atoms with Crippen molar-refractivity contribution < 1.29 is 31.5 Å². The number of sulfonamides is 1. The van der Waals surface area contributed by atoms with Crippen LogP contribution in [0.1, 0.15) is 24.5 Å². The number of alkyl halides is 3. The average molecular weight is 350 g/mol. The van der Waals surface area contributed by atoms with Crippen molar-refractivity contribution >= 4 is 16.0 Å². The molecule has 1 N–H and O–H groups in total. The summed E-state index contributed by atoms with van der Waals surface area (Å²) in [5, 5.41) is 17.6. The Labute approximate surface area is 130 Å². The summed E-state index contributed by atoms with van der Waals surface area (Å²) in [5.41, 5.74) is -2.09. The minimum absolute atomic E-state index is 0.114. The van der Waals surface area contributed by atoms with Gasteiger partial charge in [-0.1, -0.05) is 6.92 Å². The number of nitrogens with zero attached hydrogens (tertiary/aromatic N) is 2. The van der Waals surface area contributed by atoms with Crippen LogP contribution >= 0.6 is 0 Å². The summed E-state index contributed by atoms with van der Waals surface area (Å²) in [6, 6.07) is 3.12. The van der Waals surface area contributed by atoms with Crippen molar-refractivity contribution in [2.45, 2.75) is 24.4 Å². The first-order chi connectivity index (χ1) is 10.5. The van der Waals surface area contributed by atoms with Gasteiger partial charge in [0.2, 0.25) is 10.0 Å². The van der Waals surface area contributed by atoms with Crippen LogP contribution in [0.5, 0.6) is 0 Å². The van der Waals surface area contributed by atoms with E-state index < -0.39 is 44.7 Å². The molecular weight excluding hydrogens is 337 g/mol. The third-order valence-electron chi connectivity index (χ3n) is 2.84. The van der Waals surface area contributed by atoms with Gasteiger partial charge in [-0.2, -0.15) is 22.7 Å². The minimum Gasteiger partial charge on any atom is -0.480 e. The highest BCUT2D eigenvalue weighted by Gasteiger charge is 2.35. The number of halogens is 3. The van der Waals surface area contributed by atoms with Gasteiger partial charge in [0.1, 0.15) is 6.54 Å². The van der Waals surface area contributed by atoms with Gasteiger partial charge in [0.15, 0.2) is 0 Å². The molecule has 1 rings (SSSR count). The molecule has 0 saturated carbocycles. The van der Waals surface area contributed by atoms with E-state index in [-0.39, 0.29) is 6.54 Å². The largest absolute Gasteiger partial charge is 0.480 e. The molecule has 0 bridgehead atoms. The van der Waals surface area contributed by atoms with Gasteiger partial charge in [0.05, 0.1) is 22.1 Å². The number of nitriles is 1. The summed E-state index contributed by atoms with van der Waals surface area (Å²) in [6.07, 6.45) is -4.48. The smallest absolute Gasteiger partial charge is 0.417 e. The first-order valence-electron chi connectivity index (χ1n) is 6.37. The molecule has 126 valence electrons. The first-order valence-corrected chi connectivity index (χ1v) is 7.81. The standard InChI is InChI=1S/C13H13F3N2O4S/c1-2-5-18(8-12(19)20)23(21,22)10-3-4-11(13(14,15)16)9(6-10)7-17/h3-4,6H,2,5,8H2,1H3,(H,19,20). The van der Waals surface area contributed by atoms with Crippen molar-refractivity contribution in [2.75, 3.05) is 13.1 Å². The zero-order valence-electron chi connectivity index (χ0n) is 12.0. The molecule has 0 atom stereocenters. The summed E-state index contributed by atoms with van der Waals surface area (Å²) < 4.78 is 63.5. The van der Waals surface area contributed by atoms with Gasteiger partial charge in [0.25, 0.3) is 0 Å². The Kier molecular flexibility index (Phi) is 5.74. The SMILES string of the molecule is CCCN(CC(=O)O)S(=O)(=O)c1ccc(C(F)(F)F)c(C#N)c1. The van der Waals surface area contributed by atoms with Crippen molar-refractivity contribution in [1.29, 1.82) is 5.26 Å². The van der Waals surface area contributed by atoms with E-state index in [0.717, 1.165) is 0 Å². The second kappa shape index (κ2) is 6.97. The van der Waals surface area contributed by atoms with E-state index in [1.165, 1.54) is 6.07 Å². The van der Waals surface area contributed by atoms with Crippen molar-refractivity contribution in [3.05, 3.63) is 29.3 Å². The summed E-state index contributed by atoms with van der Waals surface area (Å²) in [4.78, 5) is 10.2. The van der Waals surface area contributed by atoms with Crippen LogP contribution in [-0.2, 0) is 21.0 Å². The van der Waals surface area contributed by atoms with E-state index in [9.17, 15) is 26.4 Å². The van der Waals surface area contributed by atoms with Crippen LogP contribution in [0.4, 0.5) is 13.2 Å². The third kappa shape index (κ3) is 4.43. The Balaban J connectivity index is 3.38. The fraction of sp³-hybridized carbons (Fsp3) is 0.385. The molecule has 23 heavy (non-hydrogen) atoms. The molecule has 6 nitrogen and oxygen atoms in total. The van der Waals surface area contributed by atoms with Crippen molar-refractivity contribution in [3.63, 3.8) is 0 Å². The van der Waals surface area contributed by atoms with E-state index in [4.69, 9.17) is 10.4 Å². The Morgan fingerprint density at radius 1 is 1.39 bits per heavy atom. The maximum Gasteiger partial charge on any atom is 0.417 e. The predicted molar refractivity (Wildman–Crippen MR) is 72.8 cm³/mol. The molecule has 0 spiro atoms. The lowest BCUT2D eigenvalue weighted by atomic mass is 10.1. The number of hydrogen-bond donors (Lipinski definition) is 1. The Morgan fingerprint density at radius 3 is 2.43 bits per heavy atom. The molecule has 0 aliphatic heterocycles. The zero-order chi connectivity index (χ0) is 17.8. The van der Waals surface area contributed by atoms with Crippen molar-refractivity contribution in [2.24, 2.45) is 0 Å². The monoisotopic (exact) mass is 350 g/mol. The van der Waals surface area contributed by atoms with Crippen molar-refractivity contribution in [3.8, 4) is 6.07 Å². The van der Waals surface area contributed by atoms with Gasteiger partial charge >= 0.3 is 12.1 Å². The van der Waals surface area contributed by atoms with Crippen molar-refractivity contribution in [1.82, 2.24) is 4.31 Å². The molecule has 0 saturated heterocycles. The topological polar surface area (TPSA) is 98.5 Å². The van der Waals surface area contributed by atoms with Gasteiger partial charge in [0, 0.05) is 6.54 Å². The van der Waals surface area contributed by atoms with Gasteiger partial charge in [-0.05, 0) is 24.6 Å². The number of hydrogen-bond acceptors (Lipinski definition) is 4. The fourth-order valence-corrected chi connectivity index (χ4v) is 3.37. The predicted octanol–water partition coefficient (Wildman–Crippen LogP) is 2.06. The maximum atomic E-state index is 12.7. The number of aliphatic carboxylic acids is 1. The molecular formula is C13H13F3N2O4S. The van der Waals surface area contributed by atoms with E-state index in [1.54, 1.807) is 6.92 Å². The highest BCUT2D eigenvalue weighted by Crippen LogP contribution is 2.33. The molecule has 0 fully saturated rings. The first kappa shape index (κ1) is 18.9. The Morgan fingerprint density at radius 2 is 2.00 bits per heavy atom. The molecule has 0 aromatic heterocycles. The molecule has 0 amide bonds. The van der Waals surface area contributed by atoms with Crippen LogP contribution in [0.3, 0.4) is 0 Å². The highest BCUT2D eigenvalue weighted by molar-refractivity contribution is 7.89. The average Bonchev–Trinajstić information content (AvgIpc) is 2.44. The Hall–Kier alpha value is -2.12. The molecule has 0 unspecified atom stereocenters. The summed E-state index contributed by atoms with van der Waals surface area (Å²) in [6.45, 7) is 0.689. The molecule has 1 aromatic carbocycles. The van der Waals surface area contributed by atoms with Crippen LogP contribution in [0, 0.1) is 11.3 Å². The number of benzene rings is 1.